The summed E-state index contributed by atoms with van der Waals surface area (Å²) in [5.74, 6) is -0.466. The number of nitrogens with zero attached hydrogens (tertiary/aromatic N) is 4. The number of morpholine rings is 1. The predicted octanol–water partition coefficient (Wildman–Crippen LogP) is -0.0766. The fourth-order valence-corrected chi connectivity index (χ4v) is 2.54. The first-order valence-electron chi connectivity index (χ1n) is 7.37. The van der Waals surface area contributed by atoms with Crippen molar-refractivity contribution < 1.29 is 9.53 Å². The fraction of sp³-hybridized carbons (Fsp3) is 0.250. The van der Waals surface area contributed by atoms with Crippen LogP contribution in [-0.2, 0) is 9.53 Å². The van der Waals surface area contributed by atoms with Crippen molar-refractivity contribution >= 4 is 23.4 Å². The number of aromatic nitrogens is 2. The molecule has 1 fully saturated rings. The molecule has 2 aromatic rings. The second-order valence-corrected chi connectivity index (χ2v) is 5.22. The van der Waals surface area contributed by atoms with Gasteiger partial charge in [-0.3, -0.25) is 14.0 Å². The normalized spacial score (nSPS) is 15.3. The first kappa shape index (κ1) is 15.7. The maximum atomic E-state index is 12.8. The summed E-state index contributed by atoms with van der Waals surface area (Å²) in [7, 11) is 0. The van der Waals surface area contributed by atoms with E-state index in [1.807, 2.05) is 4.90 Å². The van der Waals surface area contributed by atoms with Crippen LogP contribution in [0.4, 0.5) is 5.82 Å². The lowest BCUT2D eigenvalue weighted by molar-refractivity contribution is -0.114. The standard InChI is InChI=1S/C16H15N5O3/c17-10-11(14(18)22)9-12-15(20-5-7-24-8-6-20)19-13-3-1-2-4-21(13)16(12)23/h1-4,9H,5-8H2,(H2,18,22). The number of ether oxygens (including phenoxy) is 1. The van der Waals surface area contributed by atoms with Crippen molar-refractivity contribution in [1.82, 2.24) is 9.38 Å². The lowest BCUT2D eigenvalue weighted by Gasteiger charge is -2.29. The highest BCUT2D eigenvalue weighted by molar-refractivity contribution is 6.01. The Labute approximate surface area is 137 Å². The van der Waals surface area contributed by atoms with E-state index in [1.165, 1.54) is 10.5 Å². The Bertz CT molecular complexity index is 919. The minimum Gasteiger partial charge on any atom is -0.378 e. The van der Waals surface area contributed by atoms with E-state index >= 15 is 0 Å². The van der Waals surface area contributed by atoms with Crippen LogP contribution >= 0.6 is 0 Å². The largest absolute Gasteiger partial charge is 0.378 e. The molecule has 0 aromatic carbocycles. The Balaban J connectivity index is 2.27. The van der Waals surface area contributed by atoms with Crippen molar-refractivity contribution in [2.75, 3.05) is 31.2 Å². The first-order chi connectivity index (χ1) is 11.6. The predicted molar refractivity (Wildman–Crippen MR) is 87.3 cm³/mol. The quantitative estimate of drug-likeness (QED) is 0.624. The molecule has 1 saturated heterocycles. The van der Waals surface area contributed by atoms with Crippen LogP contribution in [0.1, 0.15) is 5.56 Å². The number of amides is 1. The molecule has 24 heavy (non-hydrogen) atoms. The van der Waals surface area contributed by atoms with Crippen LogP contribution in [0.2, 0.25) is 0 Å². The molecule has 2 N–H and O–H groups in total. The van der Waals surface area contributed by atoms with Gasteiger partial charge in [-0.15, -0.1) is 0 Å². The summed E-state index contributed by atoms with van der Waals surface area (Å²) < 4.78 is 6.69. The molecule has 1 amide bonds. The molecular weight excluding hydrogens is 310 g/mol. The highest BCUT2D eigenvalue weighted by Crippen LogP contribution is 2.20. The molecule has 0 aliphatic carbocycles. The van der Waals surface area contributed by atoms with Crippen molar-refractivity contribution in [3.05, 3.63) is 45.9 Å². The van der Waals surface area contributed by atoms with Crippen LogP contribution < -0.4 is 16.2 Å². The van der Waals surface area contributed by atoms with Crippen LogP contribution in [0.5, 0.6) is 0 Å². The Morgan fingerprint density at radius 1 is 1.38 bits per heavy atom. The number of nitrogens with two attached hydrogens (primary N) is 1. The average Bonchev–Trinajstić information content (AvgIpc) is 2.61. The number of hydrogen-bond acceptors (Lipinski definition) is 6. The molecule has 2 aromatic heterocycles. The van der Waals surface area contributed by atoms with Gasteiger partial charge in [0.25, 0.3) is 11.5 Å². The summed E-state index contributed by atoms with van der Waals surface area (Å²) in [6, 6.07) is 6.93. The summed E-state index contributed by atoms with van der Waals surface area (Å²) >= 11 is 0. The molecule has 1 aliphatic heterocycles. The van der Waals surface area contributed by atoms with Gasteiger partial charge in [-0.1, -0.05) is 6.07 Å². The SMILES string of the molecule is N#CC(=Cc1c(N2CCOCC2)nc2ccccn2c1=O)C(N)=O. The summed E-state index contributed by atoms with van der Waals surface area (Å²) in [6.45, 7) is 2.16. The Hall–Kier alpha value is -3.18. The van der Waals surface area contributed by atoms with Crippen molar-refractivity contribution in [2.24, 2.45) is 5.73 Å². The van der Waals surface area contributed by atoms with Crippen molar-refractivity contribution in [3.8, 4) is 6.07 Å². The maximum Gasteiger partial charge on any atom is 0.267 e. The smallest absolute Gasteiger partial charge is 0.267 e. The van der Waals surface area contributed by atoms with Gasteiger partial charge >= 0.3 is 0 Å². The third-order valence-corrected chi connectivity index (χ3v) is 3.73. The van der Waals surface area contributed by atoms with Gasteiger partial charge in [-0.25, -0.2) is 4.98 Å². The van der Waals surface area contributed by atoms with Gasteiger partial charge < -0.3 is 15.4 Å². The Morgan fingerprint density at radius 2 is 2.12 bits per heavy atom. The van der Waals surface area contributed by atoms with E-state index in [-0.39, 0.29) is 16.7 Å². The van der Waals surface area contributed by atoms with Crippen molar-refractivity contribution in [2.45, 2.75) is 0 Å². The van der Waals surface area contributed by atoms with E-state index in [2.05, 4.69) is 4.98 Å². The highest BCUT2D eigenvalue weighted by Gasteiger charge is 2.20. The van der Waals surface area contributed by atoms with Crippen LogP contribution in [0.3, 0.4) is 0 Å². The number of hydrogen-bond donors (Lipinski definition) is 1. The third-order valence-electron chi connectivity index (χ3n) is 3.73. The molecule has 0 unspecified atom stereocenters. The van der Waals surface area contributed by atoms with E-state index in [9.17, 15) is 9.59 Å². The minimum absolute atomic E-state index is 0.163. The molecule has 3 heterocycles. The lowest BCUT2D eigenvalue weighted by Crippen LogP contribution is -2.38. The topological polar surface area (TPSA) is 114 Å². The molecule has 8 nitrogen and oxygen atoms in total. The van der Waals surface area contributed by atoms with E-state index < -0.39 is 5.91 Å². The Morgan fingerprint density at radius 3 is 2.79 bits per heavy atom. The van der Waals surface area contributed by atoms with Gasteiger partial charge in [0.15, 0.2) is 0 Å². The summed E-state index contributed by atoms with van der Waals surface area (Å²) in [4.78, 5) is 30.6. The number of anilines is 1. The third kappa shape index (κ3) is 2.85. The highest BCUT2D eigenvalue weighted by atomic mass is 16.5. The molecule has 3 rings (SSSR count). The number of fused-ring (bicyclic) bond motifs is 1. The second kappa shape index (κ2) is 6.52. The van der Waals surface area contributed by atoms with Crippen molar-refractivity contribution in [1.29, 1.82) is 5.26 Å². The monoisotopic (exact) mass is 325 g/mol. The number of carbonyl (C=O) groups excluding carboxylic acids is 1. The van der Waals surface area contributed by atoms with Gasteiger partial charge in [0.2, 0.25) is 0 Å². The molecule has 0 atom stereocenters. The van der Waals surface area contributed by atoms with Crippen LogP contribution in [0.25, 0.3) is 11.7 Å². The molecule has 0 bridgehead atoms. The van der Waals surface area contributed by atoms with E-state index in [0.717, 1.165) is 0 Å². The number of carbonyl (C=O) groups is 1. The van der Waals surface area contributed by atoms with E-state index in [0.29, 0.717) is 37.8 Å². The number of pyridine rings is 1. The van der Waals surface area contributed by atoms with Crippen LogP contribution in [0, 0.1) is 11.3 Å². The zero-order valence-corrected chi connectivity index (χ0v) is 12.8. The Kier molecular flexibility index (Phi) is 4.26. The van der Waals surface area contributed by atoms with Gasteiger partial charge in [0, 0.05) is 19.3 Å². The molecule has 0 saturated carbocycles. The van der Waals surface area contributed by atoms with Crippen LogP contribution in [0.15, 0.2) is 34.8 Å². The first-order valence-corrected chi connectivity index (χ1v) is 7.37. The lowest BCUT2D eigenvalue weighted by atomic mass is 10.1. The van der Waals surface area contributed by atoms with Gasteiger partial charge in [-0.05, 0) is 18.2 Å². The maximum absolute atomic E-state index is 12.8. The molecule has 8 heteroatoms. The van der Waals surface area contributed by atoms with Crippen molar-refractivity contribution in [3.63, 3.8) is 0 Å². The van der Waals surface area contributed by atoms with E-state index in [1.54, 1.807) is 30.5 Å². The fourth-order valence-electron chi connectivity index (χ4n) is 2.54. The number of primary amides is 1. The average molecular weight is 325 g/mol. The zero-order valence-electron chi connectivity index (χ0n) is 12.8. The number of rotatable bonds is 3. The van der Waals surface area contributed by atoms with Gasteiger partial charge in [0.1, 0.15) is 23.1 Å². The zero-order chi connectivity index (χ0) is 17.1. The summed E-state index contributed by atoms with van der Waals surface area (Å²) in [6.07, 6.45) is 2.79. The van der Waals surface area contributed by atoms with Gasteiger partial charge in [0.05, 0.1) is 18.8 Å². The molecule has 0 spiro atoms. The molecule has 0 radical (unpaired) electrons. The summed E-state index contributed by atoms with van der Waals surface area (Å²) in [5, 5.41) is 9.08. The molecular formula is C16H15N5O3. The van der Waals surface area contributed by atoms with Gasteiger partial charge in [-0.2, -0.15) is 5.26 Å². The van der Waals surface area contributed by atoms with E-state index in [4.69, 9.17) is 15.7 Å². The number of nitriles is 1. The molecule has 122 valence electrons. The minimum atomic E-state index is -0.886. The molecule has 1 aliphatic rings. The summed E-state index contributed by atoms with van der Waals surface area (Å²) in [5.41, 5.74) is 5.18. The second-order valence-electron chi connectivity index (χ2n) is 5.22. The van der Waals surface area contributed by atoms with Crippen LogP contribution in [-0.4, -0.2) is 41.6 Å².